The number of rotatable bonds is 5. The van der Waals surface area contributed by atoms with Crippen molar-refractivity contribution in [1.29, 1.82) is 0 Å². The number of nitrogens with zero attached hydrogens (tertiary/aromatic N) is 3. The van der Waals surface area contributed by atoms with Gasteiger partial charge >= 0.3 is 0 Å². The highest BCUT2D eigenvalue weighted by molar-refractivity contribution is 6.01. The van der Waals surface area contributed by atoms with Crippen LogP contribution in [0, 0.1) is 10.1 Å². The van der Waals surface area contributed by atoms with Gasteiger partial charge < -0.3 is 10.6 Å². The van der Waals surface area contributed by atoms with E-state index in [-0.39, 0.29) is 23.5 Å². The summed E-state index contributed by atoms with van der Waals surface area (Å²) in [4.78, 5) is 22.6. The maximum atomic E-state index is 12.2. The molecular formula is C13H15N5O3. The first kappa shape index (κ1) is 14.5. The second-order valence-electron chi connectivity index (χ2n) is 4.37. The lowest BCUT2D eigenvalue weighted by Crippen LogP contribution is -2.24. The topological polar surface area (TPSA) is 102 Å². The van der Waals surface area contributed by atoms with Gasteiger partial charge in [-0.2, -0.15) is 5.10 Å². The Balaban J connectivity index is 2.19. The minimum atomic E-state index is -0.526. The van der Waals surface area contributed by atoms with Crippen LogP contribution in [-0.2, 0) is 13.6 Å². The van der Waals surface area contributed by atoms with Gasteiger partial charge in [0.05, 0.1) is 22.7 Å². The molecule has 2 rings (SSSR count). The molecule has 1 heterocycles. The number of nitrogens with one attached hydrogen (secondary N) is 2. The number of benzene rings is 1. The van der Waals surface area contributed by atoms with E-state index in [9.17, 15) is 14.9 Å². The third-order valence-electron chi connectivity index (χ3n) is 2.93. The highest BCUT2D eigenvalue weighted by Crippen LogP contribution is 2.27. The van der Waals surface area contributed by atoms with E-state index in [1.54, 1.807) is 24.0 Å². The Hall–Kier alpha value is -2.90. The number of carbonyl (C=O) groups excluding carboxylic acids is 1. The lowest BCUT2D eigenvalue weighted by Gasteiger charge is -2.09. The number of aromatic nitrogens is 2. The number of anilines is 1. The number of hydrogen-bond acceptors (Lipinski definition) is 5. The van der Waals surface area contributed by atoms with Gasteiger partial charge in [-0.3, -0.25) is 19.6 Å². The summed E-state index contributed by atoms with van der Waals surface area (Å²) >= 11 is 0. The smallest absolute Gasteiger partial charge is 0.293 e. The van der Waals surface area contributed by atoms with Gasteiger partial charge in [0.25, 0.3) is 11.6 Å². The first-order valence-electron chi connectivity index (χ1n) is 6.25. The number of carbonyl (C=O) groups is 1. The van der Waals surface area contributed by atoms with Crippen LogP contribution in [0.5, 0.6) is 0 Å². The van der Waals surface area contributed by atoms with Crippen molar-refractivity contribution in [3.05, 3.63) is 51.8 Å². The fourth-order valence-corrected chi connectivity index (χ4v) is 1.97. The second kappa shape index (κ2) is 6.04. The molecule has 8 heteroatoms. The van der Waals surface area contributed by atoms with Crippen molar-refractivity contribution in [1.82, 2.24) is 15.1 Å². The van der Waals surface area contributed by atoms with E-state index in [1.165, 1.54) is 25.2 Å². The van der Waals surface area contributed by atoms with Crippen LogP contribution >= 0.6 is 0 Å². The van der Waals surface area contributed by atoms with Gasteiger partial charge in [0.1, 0.15) is 5.69 Å². The van der Waals surface area contributed by atoms with Crippen LogP contribution in [0.1, 0.15) is 16.1 Å². The van der Waals surface area contributed by atoms with Crippen LogP contribution in [-0.4, -0.2) is 27.7 Å². The lowest BCUT2D eigenvalue weighted by molar-refractivity contribution is -0.384. The Morgan fingerprint density at radius 2 is 2.19 bits per heavy atom. The number of hydrogen-bond donors (Lipinski definition) is 2. The van der Waals surface area contributed by atoms with Crippen molar-refractivity contribution in [3.8, 4) is 0 Å². The fourth-order valence-electron chi connectivity index (χ4n) is 1.97. The molecule has 1 amide bonds. The van der Waals surface area contributed by atoms with Crippen molar-refractivity contribution in [2.75, 3.05) is 12.4 Å². The molecule has 0 aliphatic carbocycles. The van der Waals surface area contributed by atoms with Gasteiger partial charge in [0.2, 0.25) is 0 Å². The lowest BCUT2D eigenvalue weighted by atomic mass is 10.1. The van der Waals surface area contributed by atoms with Crippen LogP contribution in [0.2, 0.25) is 0 Å². The quantitative estimate of drug-likeness (QED) is 0.638. The minimum absolute atomic E-state index is 0.136. The molecule has 0 atom stereocenters. The Morgan fingerprint density at radius 3 is 2.76 bits per heavy atom. The van der Waals surface area contributed by atoms with E-state index in [2.05, 4.69) is 15.7 Å². The molecule has 110 valence electrons. The largest absolute Gasteiger partial charge is 0.382 e. The molecule has 0 spiro atoms. The van der Waals surface area contributed by atoms with Crippen molar-refractivity contribution in [3.63, 3.8) is 0 Å². The summed E-state index contributed by atoms with van der Waals surface area (Å²) in [6.45, 7) is 0.255. The first-order valence-corrected chi connectivity index (χ1v) is 6.25. The predicted octanol–water partition coefficient (Wildman–Crippen LogP) is 1.30. The first-order chi connectivity index (χ1) is 10.0. The number of nitro benzene ring substituents is 1. The van der Waals surface area contributed by atoms with E-state index in [4.69, 9.17) is 0 Å². The predicted molar refractivity (Wildman–Crippen MR) is 77.0 cm³/mol. The van der Waals surface area contributed by atoms with Crippen LogP contribution < -0.4 is 10.6 Å². The highest BCUT2D eigenvalue weighted by Gasteiger charge is 2.20. The number of aryl methyl sites for hydroxylation is 1. The summed E-state index contributed by atoms with van der Waals surface area (Å²) in [7, 11) is 3.32. The number of nitro groups is 1. The van der Waals surface area contributed by atoms with Crippen molar-refractivity contribution in [2.24, 2.45) is 7.05 Å². The molecule has 0 saturated carbocycles. The zero-order valence-corrected chi connectivity index (χ0v) is 11.7. The summed E-state index contributed by atoms with van der Waals surface area (Å²) < 4.78 is 1.63. The van der Waals surface area contributed by atoms with Crippen LogP contribution in [0.15, 0.2) is 30.5 Å². The SMILES string of the molecule is CNc1c(C(=O)NCc2ccn(C)n2)cccc1[N+](=O)[O-]. The van der Waals surface area contributed by atoms with Gasteiger partial charge in [0.15, 0.2) is 0 Å². The molecule has 0 unspecified atom stereocenters. The van der Waals surface area contributed by atoms with Crippen LogP contribution in [0.3, 0.4) is 0 Å². The molecule has 0 aliphatic heterocycles. The third kappa shape index (κ3) is 3.16. The molecular weight excluding hydrogens is 274 g/mol. The molecule has 1 aromatic carbocycles. The second-order valence-corrected chi connectivity index (χ2v) is 4.37. The van der Waals surface area contributed by atoms with E-state index < -0.39 is 10.8 Å². The molecule has 0 saturated heterocycles. The van der Waals surface area contributed by atoms with Gasteiger partial charge in [-0.15, -0.1) is 0 Å². The fraction of sp³-hybridized carbons (Fsp3) is 0.231. The van der Waals surface area contributed by atoms with Crippen LogP contribution in [0.4, 0.5) is 11.4 Å². The molecule has 8 nitrogen and oxygen atoms in total. The van der Waals surface area contributed by atoms with E-state index in [0.29, 0.717) is 5.69 Å². The zero-order valence-electron chi connectivity index (χ0n) is 11.7. The van der Waals surface area contributed by atoms with Crippen molar-refractivity contribution >= 4 is 17.3 Å². The molecule has 0 aliphatic rings. The molecule has 21 heavy (non-hydrogen) atoms. The van der Waals surface area contributed by atoms with E-state index in [0.717, 1.165) is 0 Å². The monoisotopic (exact) mass is 289 g/mol. The molecule has 0 fully saturated rings. The summed E-state index contributed by atoms with van der Waals surface area (Å²) in [5.74, 6) is -0.395. The summed E-state index contributed by atoms with van der Waals surface area (Å²) in [5, 5.41) is 20.5. The Bertz CT molecular complexity index is 680. The number of para-hydroxylation sites is 1. The standard InChI is InChI=1S/C13H15N5O3/c1-14-12-10(4-3-5-11(12)18(20)21)13(19)15-8-9-6-7-17(2)16-9/h3-7,14H,8H2,1-2H3,(H,15,19). The average molecular weight is 289 g/mol. The van der Waals surface area contributed by atoms with Crippen LogP contribution in [0.25, 0.3) is 0 Å². The average Bonchev–Trinajstić information content (AvgIpc) is 2.89. The molecule has 0 radical (unpaired) electrons. The van der Waals surface area contributed by atoms with Gasteiger partial charge in [-0.05, 0) is 12.1 Å². The number of amides is 1. The van der Waals surface area contributed by atoms with E-state index in [1.807, 2.05) is 0 Å². The molecule has 0 bridgehead atoms. The Morgan fingerprint density at radius 1 is 1.43 bits per heavy atom. The maximum Gasteiger partial charge on any atom is 0.293 e. The molecule has 1 aromatic heterocycles. The minimum Gasteiger partial charge on any atom is -0.382 e. The Labute approximate surface area is 120 Å². The summed E-state index contributed by atoms with van der Waals surface area (Å²) in [5.41, 5.74) is 0.994. The summed E-state index contributed by atoms with van der Waals surface area (Å²) in [6, 6.07) is 6.15. The zero-order chi connectivity index (χ0) is 15.4. The summed E-state index contributed by atoms with van der Waals surface area (Å²) in [6.07, 6.45) is 1.77. The Kier molecular flexibility index (Phi) is 4.17. The highest BCUT2D eigenvalue weighted by atomic mass is 16.6. The van der Waals surface area contributed by atoms with Crippen molar-refractivity contribution in [2.45, 2.75) is 6.54 Å². The molecule has 2 aromatic rings. The van der Waals surface area contributed by atoms with Gasteiger partial charge in [-0.25, -0.2) is 0 Å². The van der Waals surface area contributed by atoms with Crippen molar-refractivity contribution < 1.29 is 9.72 Å². The third-order valence-corrected chi connectivity index (χ3v) is 2.93. The maximum absolute atomic E-state index is 12.2. The van der Waals surface area contributed by atoms with Gasteiger partial charge in [-0.1, -0.05) is 6.07 Å². The van der Waals surface area contributed by atoms with E-state index >= 15 is 0 Å². The molecule has 2 N–H and O–H groups in total. The van der Waals surface area contributed by atoms with Gasteiger partial charge in [0, 0.05) is 26.4 Å². The normalized spacial score (nSPS) is 10.2.